The largest absolute Gasteiger partial charge is 0.333 e. The van der Waals surface area contributed by atoms with E-state index in [9.17, 15) is 4.79 Å². The molecule has 1 amide bonds. The van der Waals surface area contributed by atoms with Crippen molar-refractivity contribution >= 4 is 33.5 Å². The zero-order valence-electron chi connectivity index (χ0n) is 13.3. The van der Waals surface area contributed by atoms with Crippen molar-refractivity contribution < 1.29 is 4.79 Å². The zero-order valence-corrected chi connectivity index (χ0v) is 14.1. The number of hydrogen-bond acceptors (Lipinski definition) is 4. The number of rotatable bonds is 4. The van der Waals surface area contributed by atoms with Gasteiger partial charge >= 0.3 is 0 Å². The van der Waals surface area contributed by atoms with Crippen molar-refractivity contribution in [1.29, 1.82) is 0 Å². The third-order valence-electron chi connectivity index (χ3n) is 3.74. The second-order valence-corrected chi connectivity index (χ2v) is 6.49. The summed E-state index contributed by atoms with van der Waals surface area (Å²) in [5.41, 5.74) is 1.88. The van der Waals surface area contributed by atoms with Crippen LogP contribution in [-0.2, 0) is 11.8 Å². The molecule has 0 bridgehead atoms. The maximum absolute atomic E-state index is 12.3. The Morgan fingerprint density at radius 3 is 2.87 bits per heavy atom. The van der Waals surface area contributed by atoms with Gasteiger partial charge in [-0.15, -0.1) is 11.3 Å². The van der Waals surface area contributed by atoms with Gasteiger partial charge in [0.1, 0.15) is 5.01 Å². The summed E-state index contributed by atoms with van der Waals surface area (Å²) in [7, 11) is 3.65. The summed E-state index contributed by atoms with van der Waals surface area (Å²) >= 11 is 1.63. The van der Waals surface area contributed by atoms with Crippen LogP contribution in [0.15, 0.2) is 42.7 Å². The summed E-state index contributed by atoms with van der Waals surface area (Å²) < 4.78 is 2.85. The molecule has 118 valence electrons. The third kappa shape index (κ3) is 3.32. The monoisotopic (exact) mass is 326 g/mol. The van der Waals surface area contributed by atoms with Gasteiger partial charge in [-0.25, -0.2) is 4.98 Å². The number of aromatic nitrogens is 3. The predicted octanol–water partition coefficient (Wildman–Crippen LogP) is 3.26. The summed E-state index contributed by atoms with van der Waals surface area (Å²) in [6.45, 7) is 1.99. The number of carbonyl (C=O) groups excluding carboxylic acids is 1. The van der Waals surface area contributed by atoms with Gasteiger partial charge in [-0.2, -0.15) is 5.10 Å². The number of hydrogen-bond donors (Lipinski definition) is 0. The molecule has 0 spiro atoms. The molecule has 1 atom stereocenters. The number of amides is 1. The molecule has 3 aromatic rings. The Kier molecular flexibility index (Phi) is 4.25. The van der Waals surface area contributed by atoms with Crippen LogP contribution in [0, 0.1) is 0 Å². The fourth-order valence-electron chi connectivity index (χ4n) is 2.24. The van der Waals surface area contributed by atoms with Gasteiger partial charge in [-0.3, -0.25) is 9.48 Å². The molecule has 6 heteroatoms. The maximum Gasteiger partial charge on any atom is 0.246 e. The second-order valence-electron chi connectivity index (χ2n) is 5.43. The van der Waals surface area contributed by atoms with E-state index in [0.29, 0.717) is 0 Å². The van der Waals surface area contributed by atoms with Crippen molar-refractivity contribution in [3.05, 3.63) is 53.3 Å². The van der Waals surface area contributed by atoms with Crippen molar-refractivity contribution in [3.8, 4) is 0 Å². The van der Waals surface area contributed by atoms with E-state index in [2.05, 4.69) is 10.1 Å². The predicted molar refractivity (Wildman–Crippen MR) is 93.0 cm³/mol. The van der Waals surface area contributed by atoms with Gasteiger partial charge in [-0.1, -0.05) is 12.1 Å². The van der Waals surface area contributed by atoms with Crippen molar-refractivity contribution in [1.82, 2.24) is 19.7 Å². The highest BCUT2D eigenvalue weighted by molar-refractivity contribution is 7.18. The van der Waals surface area contributed by atoms with E-state index < -0.39 is 0 Å². The zero-order chi connectivity index (χ0) is 16.4. The van der Waals surface area contributed by atoms with Crippen LogP contribution in [0.3, 0.4) is 0 Å². The van der Waals surface area contributed by atoms with Gasteiger partial charge in [0.05, 0.1) is 22.5 Å². The van der Waals surface area contributed by atoms with Crippen LogP contribution in [0.4, 0.5) is 0 Å². The van der Waals surface area contributed by atoms with E-state index in [1.54, 1.807) is 46.3 Å². The molecule has 0 fully saturated rings. The van der Waals surface area contributed by atoms with Crippen molar-refractivity contribution in [2.75, 3.05) is 7.05 Å². The minimum atomic E-state index is -0.0709. The summed E-state index contributed by atoms with van der Waals surface area (Å²) in [5, 5.41) is 5.02. The number of nitrogens with zero attached hydrogens (tertiary/aromatic N) is 4. The Bertz CT molecular complexity index is 831. The lowest BCUT2D eigenvalue weighted by atomic mass is 10.2. The molecule has 1 unspecified atom stereocenters. The minimum Gasteiger partial charge on any atom is -0.333 e. The molecule has 0 aliphatic carbocycles. The Morgan fingerprint density at radius 2 is 2.17 bits per heavy atom. The van der Waals surface area contributed by atoms with E-state index in [0.717, 1.165) is 20.8 Å². The maximum atomic E-state index is 12.3. The fraction of sp³-hybridized carbons (Fsp3) is 0.235. The first-order chi connectivity index (χ1) is 11.0. The van der Waals surface area contributed by atoms with Gasteiger partial charge in [0, 0.05) is 31.9 Å². The molecule has 0 saturated carbocycles. The molecule has 3 rings (SSSR count). The van der Waals surface area contributed by atoms with E-state index in [1.807, 2.05) is 44.4 Å². The normalized spacial score (nSPS) is 12.8. The molecule has 0 N–H and O–H groups in total. The first-order valence-electron chi connectivity index (χ1n) is 7.33. The molecule has 23 heavy (non-hydrogen) atoms. The topological polar surface area (TPSA) is 51.0 Å². The molecule has 2 aromatic heterocycles. The van der Waals surface area contributed by atoms with E-state index in [-0.39, 0.29) is 11.9 Å². The van der Waals surface area contributed by atoms with Gasteiger partial charge < -0.3 is 4.90 Å². The van der Waals surface area contributed by atoms with Crippen LogP contribution >= 0.6 is 11.3 Å². The molecule has 0 radical (unpaired) electrons. The lowest BCUT2D eigenvalue weighted by Gasteiger charge is -2.21. The van der Waals surface area contributed by atoms with Crippen LogP contribution in [-0.4, -0.2) is 32.6 Å². The molecule has 0 aliphatic heterocycles. The first kappa shape index (κ1) is 15.4. The molecule has 2 heterocycles. The first-order valence-corrected chi connectivity index (χ1v) is 8.15. The smallest absolute Gasteiger partial charge is 0.246 e. The highest BCUT2D eigenvalue weighted by atomic mass is 32.1. The number of aryl methyl sites for hydroxylation is 1. The van der Waals surface area contributed by atoms with Gasteiger partial charge in [0.2, 0.25) is 5.91 Å². The summed E-state index contributed by atoms with van der Waals surface area (Å²) in [5.74, 6) is -0.0550. The summed E-state index contributed by atoms with van der Waals surface area (Å²) in [4.78, 5) is 18.7. The van der Waals surface area contributed by atoms with Gasteiger partial charge in [0.25, 0.3) is 0 Å². The SMILES string of the molecule is CC(c1nc2ccccc2s1)N(C)C(=O)/C=C/c1cnn(C)c1. The number of likely N-dealkylation sites (N-methyl/N-ethyl adjacent to an activating group) is 1. The van der Waals surface area contributed by atoms with Crippen molar-refractivity contribution in [2.45, 2.75) is 13.0 Å². The minimum absolute atomic E-state index is 0.0550. The van der Waals surface area contributed by atoms with Crippen LogP contribution in [0.5, 0.6) is 0 Å². The molecule has 1 aromatic carbocycles. The standard InChI is InChI=1S/C17H18N4OS/c1-12(17-19-14-6-4-5-7-15(14)23-17)21(3)16(22)9-8-13-10-18-20(2)11-13/h4-12H,1-3H3/b9-8+. The Hall–Kier alpha value is -2.47. The highest BCUT2D eigenvalue weighted by Gasteiger charge is 2.19. The summed E-state index contributed by atoms with van der Waals surface area (Å²) in [6, 6.07) is 7.94. The summed E-state index contributed by atoms with van der Waals surface area (Å²) in [6.07, 6.45) is 6.93. The van der Waals surface area contributed by atoms with Crippen molar-refractivity contribution in [2.24, 2.45) is 7.05 Å². The average Bonchev–Trinajstić information content (AvgIpc) is 3.16. The molecular formula is C17H18N4OS. The van der Waals surface area contributed by atoms with Crippen molar-refractivity contribution in [3.63, 3.8) is 0 Å². The van der Waals surface area contributed by atoms with Crippen LogP contribution in [0.2, 0.25) is 0 Å². The van der Waals surface area contributed by atoms with E-state index >= 15 is 0 Å². The molecule has 0 saturated heterocycles. The van der Waals surface area contributed by atoms with Gasteiger partial charge in [0.15, 0.2) is 0 Å². The highest BCUT2D eigenvalue weighted by Crippen LogP contribution is 2.28. The Balaban J connectivity index is 1.74. The quantitative estimate of drug-likeness (QED) is 0.692. The molecule has 5 nitrogen and oxygen atoms in total. The molecular weight excluding hydrogens is 308 g/mol. The lowest BCUT2D eigenvalue weighted by Crippen LogP contribution is -2.27. The lowest BCUT2D eigenvalue weighted by molar-refractivity contribution is -0.126. The second kappa shape index (κ2) is 6.34. The number of thiazole rings is 1. The Morgan fingerprint density at radius 1 is 1.39 bits per heavy atom. The Labute approximate surface area is 138 Å². The number of carbonyl (C=O) groups is 1. The number of benzene rings is 1. The fourth-order valence-corrected chi connectivity index (χ4v) is 3.30. The van der Waals surface area contributed by atoms with Crippen LogP contribution in [0.1, 0.15) is 23.5 Å². The van der Waals surface area contributed by atoms with E-state index in [4.69, 9.17) is 0 Å². The van der Waals surface area contributed by atoms with Crippen LogP contribution < -0.4 is 0 Å². The van der Waals surface area contributed by atoms with E-state index in [1.165, 1.54) is 0 Å². The van der Waals surface area contributed by atoms with Crippen LogP contribution in [0.25, 0.3) is 16.3 Å². The van der Waals surface area contributed by atoms with Gasteiger partial charge in [-0.05, 0) is 25.1 Å². The number of fused-ring (bicyclic) bond motifs is 1. The number of para-hydroxylation sites is 1. The third-order valence-corrected chi connectivity index (χ3v) is 4.95. The average molecular weight is 326 g/mol. The molecule has 0 aliphatic rings.